The van der Waals surface area contributed by atoms with E-state index < -0.39 is 0 Å². The van der Waals surface area contributed by atoms with Crippen LogP contribution in [0.4, 0.5) is 5.82 Å². The second kappa shape index (κ2) is 8.13. The Morgan fingerprint density at radius 3 is 2.10 bits per heavy atom. The zero-order valence-corrected chi connectivity index (χ0v) is 17.5. The van der Waals surface area contributed by atoms with Crippen molar-refractivity contribution in [3.05, 3.63) is 84.4 Å². The Hall–Kier alpha value is -3.05. The van der Waals surface area contributed by atoms with Crippen molar-refractivity contribution in [2.45, 2.75) is 31.1 Å². The molecule has 1 aromatic heterocycles. The molecule has 0 radical (unpaired) electrons. The summed E-state index contributed by atoms with van der Waals surface area (Å²) in [7, 11) is 0. The van der Waals surface area contributed by atoms with E-state index in [1.165, 1.54) is 11.9 Å². The number of para-hydroxylation sites is 3. The van der Waals surface area contributed by atoms with E-state index in [4.69, 9.17) is 14.7 Å². The summed E-state index contributed by atoms with van der Waals surface area (Å²) in [5, 5.41) is 0. The first-order chi connectivity index (χ1) is 14.0. The van der Waals surface area contributed by atoms with Gasteiger partial charge >= 0.3 is 0 Å². The van der Waals surface area contributed by atoms with E-state index in [2.05, 4.69) is 31.6 Å². The topological polar surface area (TPSA) is 47.0 Å². The molecule has 146 valence electrons. The van der Waals surface area contributed by atoms with Crippen LogP contribution in [0.3, 0.4) is 0 Å². The van der Waals surface area contributed by atoms with E-state index in [-0.39, 0.29) is 5.41 Å². The first-order valence-corrected chi connectivity index (χ1v) is 10.3. The van der Waals surface area contributed by atoms with E-state index in [9.17, 15) is 0 Å². The van der Waals surface area contributed by atoms with Gasteiger partial charge in [0.15, 0.2) is 0 Å². The largest absolute Gasteiger partial charge is 0.436 e. The average Bonchev–Trinajstić information content (AvgIpc) is 2.72. The number of anilines is 1. The van der Waals surface area contributed by atoms with E-state index in [0.717, 1.165) is 27.2 Å². The lowest BCUT2D eigenvalue weighted by molar-refractivity contribution is 0.442. The number of hydrogen-bond acceptors (Lipinski definition) is 5. The Morgan fingerprint density at radius 2 is 1.38 bits per heavy atom. The summed E-state index contributed by atoms with van der Waals surface area (Å²) in [6.45, 7) is 6.52. The van der Waals surface area contributed by atoms with Gasteiger partial charge in [-0.1, -0.05) is 69.3 Å². The molecule has 0 unspecified atom stereocenters. The van der Waals surface area contributed by atoms with Crippen molar-refractivity contribution < 1.29 is 4.74 Å². The summed E-state index contributed by atoms with van der Waals surface area (Å²) in [6.07, 6.45) is 0. The molecule has 0 atom stereocenters. The predicted octanol–water partition coefficient (Wildman–Crippen LogP) is 6.84. The van der Waals surface area contributed by atoms with E-state index in [0.29, 0.717) is 11.7 Å². The van der Waals surface area contributed by atoms with Crippen LogP contribution in [0.15, 0.2) is 83.8 Å². The Balaban J connectivity index is 1.73. The number of ether oxygens (including phenoxy) is 1. The van der Waals surface area contributed by atoms with Crippen molar-refractivity contribution in [1.29, 1.82) is 0 Å². The highest BCUT2D eigenvalue weighted by molar-refractivity contribution is 8.00. The summed E-state index contributed by atoms with van der Waals surface area (Å²) in [5.74, 6) is 1.85. The van der Waals surface area contributed by atoms with Gasteiger partial charge in [-0.3, -0.25) is 0 Å². The lowest BCUT2D eigenvalue weighted by Gasteiger charge is -2.22. The van der Waals surface area contributed by atoms with Crippen molar-refractivity contribution >= 4 is 28.8 Å². The van der Waals surface area contributed by atoms with Gasteiger partial charge in [0.25, 0.3) is 5.88 Å². The van der Waals surface area contributed by atoms with Gasteiger partial charge in [0.05, 0.1) is 11.0 Å². The van der Waals surface area contributed by atoms with Crippen LogP contribution in [0.1, 0.15) is 26.3 Å². The quantitative estimate of drug-likeness (QED) is 0.371. The standard InChI is InChI=1S/C24H23N3OS/c1-24(2,3)18-13-7-10-16-21(18)28-23-22(27-29-17-11-5-4-6-12-17)25-19-14-8-9-15-20(19)26-23/h4-16H,1-3H3,(H,25,27). The van der Waals surface area contributed by atoms with Gasteiger partial charge in [0, 0.05) is 10.5 Å². The molecule has 0 saturated heterocycles. The summed E-state index contributed by atoms with van der Waals surface area (Å²) in [4.78, 5) is 10.6. The van der Waals surface area contributed by atoms with E-state index >= 15 is 0 Å². The molecule has 3 aromatic carbocycles. The third kappa shape index (κ3) is 4.51. The molecule has 4 nitrogen and oxygen atoms in total. The van der Waals surface area contributed by atoms with Gasteiger partial charge in [0.2, 0.25) is 5.82 Å². The number of nitrogens with one attached hydrogen (secondary N) is 1. The number of fused-ring (bicyclic) bond motifs is 1. The number of rotatable bonds is 5. The second-order valence-electron chi connectivity index (χ2n) is 7.73. The summed E-state index contributed by atoms with van der Waals surface area (Å²) in [5.41, 5.74) is 2.69. The minimum atomic E-state index is -0.0484. The first kappa shape index (κ1) is 19.3. The van der Waals surface area contributed by atoms with Crippen LogP contribution in [0.5, 0.6) is 11.6 Å². The maximum atomic E-state index is 6.31. The molecular formula is C24H23N3OS. The number of hydrogen-bond donors (Lipinski definition) is 1. The third-order valence-corrected chi connectivity index (χ3v) is 5.25. The lowest BCUT2D eigenvalue weighted by Crippen LogP contribution is -2.12. The maximum Gasteiger partial charge on any atom is 0.264 e. The van der Waals surface area contributed by atoms with Gasteiger partial charge in [-0.15, -0.1) is 0 Å². The van der Waals surface area contributed by atoms with Crippen molar-refractivity contribution in [2.75, 3.05) is 4.72 Å². The second-order valence-corrected chi connectivity index (χ2v) is 8.61. The highest BCUT2D eigenvalue weighted by Crippen LogP contribution is 2.36. The van der Waals surface area contributed by atoms with Crippen molar-refractivity contribution in [3.8, 4) is 11.6 Å². The number of aromatic nitrogens is 2. The Morgan fingerprint density at radius 1 is 0.759 bits per heavy atom. The molecule has 5 heteroatoms. The van der Waals surface area contributed by atoms with Gasteiger partial charge in [-0.2, -0.15) is 0 Å². The van der Waals surface area contributed by atoms with E-state index in [1.807, 2.05) is 72.8 Å². The summed E-state index contributed by atoms with van der Waals surface area (Å²) in [6, 6.07) is 26.0. The molecule has 4 aromatic rings. The SMILES string of the molecule is CC(C)(C)c1ccccc1Oc1nc2ccccc2nc1NSc1ccccc1. The molecule has 1 N–H and O–H groups in total. The van der Waals surface area contributed by atoms with Gasteiger partial charge in [-0.05, 0) is 47.7 Å². The molecule has 0 saturated carbocycles. The first-order valence-electron chi connectivity index (χ1n) is 9.53. The average molecular weight is 402 g/mol. The van der Waals surface area contributed by atoms with Gasteiger partial charge in [0.1, 0.15) is 5.75 Å². The van der Waals surface area contributed by atoms with Crippen LogP contribution >= 0.6 is 11.9 Å². The number of nitrogens with zero attached hydrogens (tertiary/aromatic N) is 2. The third-order valence-electron chi connectivity index (χ3n) is 4.45. The van der Waals surface area contributed by atoms with Crippen LogP contribution in [-0.2, 0) is 5.41 Å². The normalized spacial score (nSPS) is 11.4. The summed E-state index contributed by atoms with van der Waals surface area (Å²) < 4.78 is 9.63. The maximum absolute atomic E-state index is 6.31. The van der Waals surface area contributed by atoms with Gasteiger partial charge < -0.3 is 9.46 Å². The van der Waals surface area contributed by atoms with E-state index in [1.54, 1.807) is 0 Å². The molecule has 0 amide bonds. The van der Waals surface area contributed by atoms with Crippen LogP contribution < -0.4 is 9.46 Å². The smallest absolute Gasteiger partial charge is 0.264 e. The Kier molecular flexibility index (Phi) is 5.41. The molecular weight excluding hydrogens is 378 g/mol. The molecule has 1 heterocycles. The Labute approximate surface area is 175 Å². The molecule has 0 aliphatic rings. The minimum absolute atomic E-state index is 0.0484. The molecule has 29 heavy (non-hydrogen) atoms. The molecule has 0 aliphatic heterocycles. The molecule has 0 spiro atoms. The minimum Gasteiger partial charge on any atom is -0.436 e. The van der Waals surface area contributed by atoms with Crippen LogP contribution in [0.2, 0.25) is 0 Å². The molecule has 0 fully saturated rings. The summed E-state index contributed by atoms with van der Waals surface area (Å²) >= 11 is 1.48. The van der Waals surface area contributed by atoms with Gasteiger partial charge in [-0.25, -0.2) is 9.97 Å². The fourth-order valence-corrected chi connectivity index (χ4v) is 3.64. The highest BCUT2D eigenvalue weighted by atomic mass is 32.2. The van der Waals surface area contributed by atoms with Crippen molar-refractivity contribution in [3.63, 3.8) is 0 Å². The van der Waals surface area contributed by atoms with Crippen molar-refractivity contribution in [2.24, 2.45) is 0 Å². The number of benzene rings is 3. The monoisotopic (exact) mass is 401 g/mol. The lowest BCUT2D eigenvalue weighted by atomic mass is 9.86. The van der Waals surface area contributed by atoms with Crippen LogP contribution in [0, 0.1) is 0 Å². The molecule has 0 bridgehead atoms. The zero-order chi connectivity index (χ0) is 20.3. The Bertz CT molecular complexity index is 1120. The van der Waals surface area contributed by atoms with Crippen LogP contribution in [0.25, 0.3) is 11.0 Å². The highest BCUT2D eigenvalue weighted by Gasteiger charge is 2.20. The zero-order valence-electron chi connectivity index (χ0n) is 16.7. The molecule has 4 rings (SSSR count). The van der Waals surface area contributed by atoms with Crippen LogP contribution in [-0.4, -0.2) is 9.97 Å². The fourth-order valence-electron chi connectivity index (χ4n) is 3.00. The fraction of sp³-hybridized carbons (Fsp3) is 0.167. The van der Waals surface area contributed by atoms with Crippen molar-refractivity contribution in [1.82, 2.24) is 9.97 Å². The predicted molar refractivity (Wildman–Crippen MR) is 121 cm³/mol. The molecule has 0 aliphatic carbocycles.